The van der Waals surface area contributed by atoms with Crippen LogP contribution in [0.15, 0.2) is 72.8 Å². The Labute approximate surface area is 186 Å². The fraction of sp³-hybridized carbons (Fsp3) is 0.160. The Hall–Kier alpha value is -4.13. The molecule has 0 radical (unpaired) electrons. The zero-order valence-corrected chi connectivity index (χ0v) is 18.2. The number of benzene rings is 3. The Morgan fingerprint density at radius 3 is 2.38 bits per heavy atom. The number of carbonyl (C=O) groups is 1. The molecule has 0 aliphatic heterocycles. The average molecular weight is 428 g/mol. The summed E-state index contributed by atoms with van der Waals surface area (Å²) in [4.78, 5) is 17.5. The molecule has 0 aliphatic rings. The topological polar surface area (TPSA) is 78.3 Å². The molecule has 0 fully saturated rings. The summed E-state index contributed by atoms with van der Waals surface area (Å²) in [6.45, 7) is 4.52. The monoisotopic (exact) mass is 428 g/mol. The second-order valence-corrected chi connectivity index (χ2v) is 7.15. The van der Waals surface area contributed by atoms with Gasteiger partial charge in [0.2, 0.25) is 5.82 Å². The molecule has 7 nitrogen and oxygen atoms in total. The molecule has 0 unspecified atom stereocenters. The van der Waals surface area contributed by atoms with Gasteiger partial charge in [-0.25, -0.2) is 9.67 Å². The van der Waals surface area contributed by atoms with Gasteiger partial charge >= 0.3 is 0 Å². The summed E-state index contributed by atoms with van der Waals surface area (Å²) < 4.78 is 12.4. The van der Waals surface area contributed by atoms with Crippen molar-refractivity contribution in [3.8, 4) is 28.6 Å². The van der Waals surface area contributed by atoms with E-state index in [9.17, 15) is 4.79 Å². The summed E-state index contributed by atoms with van der Waals surface area (Å²) in [5.41, 5.74) is 3.37. The molecule has 0 spiro atoms. The lowest BCUT2D eigenvalue weighted by atomic mass is 10.1. The number of hydrogen-bond donors (Lipinski definition) is 1. The molecule has 0 saturated heterocycles. The van der Waals surface area contributed by atoms with Crippen molar-refractivity contribution in [3.05, 3.63) is 84.2 Å². The van der Waals surface area contributed by atoms with Crippen LogP contribution in [-0.4, -0.2) is 34.4 Å². The van der Waals surface area contributed by atoms with E-state index in [2.05, 4.69) is 15.4 Å². The summed E-state index contributed by atoms with van der Waals surface area (Å²) in [7, 11) is 1.62. The van der Waals surface area contributed by atoms with E-state index in [0.29, 0.717) is 18.1 Å². The largest absolute Gasteiger partial charge is 0.497 e. The highest BCUT2D eigenvalue weighted by Gasteiger charge is 2.19. The number of nitrogens with zero attached hydrogens (tertiary/aromatic N) is 3. The molecule has 0 bridgehead atoms. The molecule has 7 heteroatoms. The molecule has 0 aliphatic carbocycles. The minimum Gasteiger partial charge on any atom is -0.497 e. The standard InChI is InChI=1S/C25H24N4O3/c1-4-32-22-12-8-19(9-13-22)26-25(30)23-27-24(18-7-5-6-17(2)16-18)29(28-23)20-10-14-21(31-3)15-11-20/h5-16H,4H2,1-3H3,(H,26,30). The van der Waals surface area contributed by atoms with Gasteiger partial charge in [0.05, 0.1) is 19.4 Å². The van der Waals surface area contributed by atoms with Crippen molar-refractivity contribution in [1.82, 2.24) is 14.8 Å². The summed E-state index contributed by atoms with van der Waals surface area (Å²) in [6.07, 6.45) is 0. The summed E-state index contributed by atoms with van der Waals surface area (Å²) >= 11 is 0. The molecule has 4 aromatic rings. The molecule has 1 N–H and O–H groups in total. The van der Waals surface area contributed by atoms with Crippen LogP contribution in [0.2, 0.25) is 0 Å². The van der Waals surface area contributed by atoms with Gasteiger partial charge in [-0.1, -0.05) is 23.8 Å². The van der Waals surface area contributed by atoms with Gasteiger partial charge in [-0.2, -0.15) is 0 Å². The highest BCUT2D eigenvalue weighted by Crippen LogP contribution is 2.24. The lowest BCUT2D eigenvalue weighted by molar-refractivity contribution is 0.101. The first-order valence-corrected chi connectivity index (χ1v) is 10.3. The lowest BCUT2D eigenvalue weighted by Crippen LogP contribution is -2.14. The normalized spacial score (nSPS) is 10.6. The van der Waals surface area contributed by atoms with Crippen LogP contribution in [0.3, 0.4) is 0 Å². The molecular formula is C25H24N4O3. The fourth-order valence-corrected chi connectivity index (χ4v) is 3.27. The van der Waals surface area contributed by atoms with Crippen LogP contribution in [0, 0.1) is 6.92 Å². The van der Waals surface area contributed by atoms with Gasteiger partial charge in [-0.05, 0) is 68.4 Å². The van der Waals surface area contributed by atoms with Crippen LogP contribution >= 0.6 is 0 Å². The van der Waals surface area contributed by atoms with Crippen LogP contribution in [0.1, 0.15) is 23.1 Å². The molecule has 0 saturated carbocycles. The Balaban J connectivity index is 1.68. The van der Waals surface area contributed by atoms with Crippen molar-refractivity contribution in [2.24, 2.45) is 0 Å². The number of aromatic nitrogens is 3. The van der Waals surface area contributed by atoms with Gasteiger partial charge in [0.25, 0.3) is 5.91 Å². The van der Waals surface area contributed by atoms with E-state index in [-0.39, 0.29) is 5.82 Å². The first-order valence-electron chi connectivity index (χ1n) is 10.3. The number of amides is 1. The first-order chi connectivity index (χ1) is 15.6. The van der Waals surface area contributed by atoms with E-state index >= 15 is 0 Å². The molecule has 0 atom stereocenters. The third-order valence-electron chi connectivity index (χ3n) is 4.83. The van der Waals surface area contributed by atoms with E-state index in [0.717, 1.165) is 28.3 Å². The smallest absolute Gasteiger partial charge is 0.295 e. The third-order valence-corrected chi connectivity index (χ3v) is 4.83. The lowest BCUT2D eigenvalue weighted by Gasteiger charge is -2.07. The van der Waals surface area contributed by atoms with Crippen LogP contribution < -0.4 is 14.8 Å². The maximum atomic E-state index is 12.9. The molecule has 162 valence electrons. The fourth-order valence-electron chi connectivity index (χ4n) is 3.27. The number of nitrogens with one attached hydrogen (secondary N) is 1. The van der Waals surface area contributed by atoms with Crippen LogP contribution in [0.25, 0.3) is 17.1 Å². The number of anilines is 1. The first kappa shape index (κ1) is 21.1. The van der Waals surface area contributed by atoms with Gasteiger partial charge < -0.3 is 14.8 Å². The number of hydrogen-bond acceptors (Lipinski definition) is 5. The van der Waals surface area contributed by atoms with Gasteiger partial charge in [-0.3, -0.25) is 4.79 Å². The van der Waals surface area contributed by atoms with Crippen molar-refractivity contribution >= 4 is 11.6 Å². The number of ether oxygens (including phenoxy) is 2. The SMILES string of the molecule is CCOc1ccc(NC(=O)c2nc(-c3cccc(C)c3)n(-c3ccc(OC)cc3)n2)cc1. The van der Waals surface area contributed by atoms with E-state index in [4.69, 9.17) is 9.47 Å². The van der Waals surface area contributed by atoms with Gasteiger partial charge in [0.1, 0.15) is 11.5 Å². The van der Waals surface area contributed by atoms with E-state index in [1.165, 1.54) is 0 Å². The Kier molecular flexibility index (Phi) is 6.17. The molecule has 32 heavy (non-hydrogen) atoms. The van der Waals surface area contributed by atoms with Crippen LogP contribution in [0.5, 0.6) is 11.5 Å². The van der Waals surface area contributed by atoms with Crippen molar-refractivity contribution < 1.29 is 14.3 Å². The summed E-state index contributed by atoms with van der Waals surface area (Å²) in [5, 5.41) is 7.36. The second kappa shape index (κ2) is 9.34. The number of aryl methyl sites for hydroxylation is 1. The van der Waals surface area contributed by atoms with Crippen molar-refractivity contribution in [1.29, 1.82) is 0 Å². The van der Waals surface area contributed by atoms with Crippen LogP contribution in [0.4, 0.5) is 5.69 Å². The highest BCUT2D eigenvalue weighted by molar-refractivity contribution is 6.01. The van der Waals surface area contributed by atoms with E-state index in [1.54, 1.807) is 36.1 Å². The summed E-state index contributed by atoms with van der Waals surface area (Å²) in [5.74, 6) is 1.74. The maximum Gasteiger partial charge on any atom is 0.295 e. The average Bonchev–Trinajstić information content (AvgIpc) is 3.26. The zero-order chi connectivity index (χ0) is 22.5. The van der Waals surface area contributed by atoms with Crippen molar-refractivity contribution in [3.63, 3.8) is 0 Å². The quantitative estimate of drug-likeness (QED) is 0.453. The molecular weight excluding hydrogens is 404 g/mol. The van der Waals surface area contributed by atoms with E-state index in [1.807, 2.05) is 62.4 Å². The molecule has 3 aromatic carbocycles. The predicted molar refractivity (Wildman–Crippen MR) is 124 cm³/mol. The minimum absolute atomic E-state index is 0.0752. The maximum absolute atomic E-state index is 12.9. The Morgan fingerprint density at radius 1 is 1.00 bits per heavy atom. The molecule has 1 aromatic heterocycles. The van der Waals surface area contributed by atoms with Gasteiger partial charge in [-0.15, -0.1) is 5.10 Å². The predicted octanol–water partition coefficient (Wildman–Crippen LogP) is 4.90. The summed E-state index contributed by atoms with van der Waals surface area (Å²) in [6, 6.07) is 22.5. The Bertz CT molecular complexity index is 1210. The van der Waals surface area contributed by atoms with Gasteiger partial charge in [0, 0.05) is 11.3 Å². The zero-order valence-electron chi connectivity index (χ0n) is 18.2. The van der Waals surface area contributed by atoms with Crippen LogP contribution in [-0.2, 0) is 0 Å². The third kappa shape index (κ3) is 4.62. The second-order valence-electron chi connectivity index (χ2n) is 7.15. The number of rotatable bonds is 7. The molecule has 1 amide bonds. The Morgan fingerprint density at radius 2 is 1.72 bits per heavy atom. The van der Waals surface area contributed by atoms with Crippen molar-refractivity contribution in [2.45, 2.75) is 13.8 Å². The highest BCUT2D eigenvalue weighted by atomic mass is 16.5. The van der Waals surface area contributed by atoms with Crippen molar-refractivity contribution in [2.75, 3.05) is 19.0 Å². The van der Waals surface area contributed by atoms with Gasteiger partial charge in [0.15, 0.2) is 5.82 Å². The molecule has 4 rings (SSSR count). The van der Waals surface area contributed by atoms with E-state index < -0.39 is 5.91 Å². The minimum atomic E-state index is -0.393. The molecule has 1 heterocycles. The number of carbonyl (C=O) groups excluding carboxylic acids is 1. The number of methoxy groups -OCH3 is 1.